The molecule has 3 N–H and O–H groups in total. The van der Waals surface area contributed by atoms with Gasteiger partial charge in [0.25, 0.3) is 0 Å². The zero-order valence-corrected chi connectivity index (χ0v) is 16.7. The molecule has 136 valence electrons. The van der Waals surface area contributed by atoms with Crippen molar-refractivity contribution in [1.82, 2.24) is 0 Å². The number of nitrogens with one attached hydrogen (secondary N) is 1. The fraction of sp³-hybridized carbons (Fsp3) is 0.350. The number of halogens is 1. The highest BCUT2D eigenvalue weighted by atomic mass is 35.5. The quantitative estimate of drug-likeness (QED) is 0.496. The van der Waals surface area contributed by atoms with Gasteiger partial charge in [-0.15, -0.1) is 24.2 Å². The van der Waals surface area contributed by atoms with Crippen LogP contribution in [0.5, 0.6) is 0 Å². The molecule has 0 aromatic heterocycles. The molecule has 1 atom stereocenters. The largest absolute Gasteiger partial charge is 0.399 e. The average Bonchev–Trinajstić information content (AvgIpc) is 2.56. The van der Waals surface area contributed by atoms with E-state index >= 15 is 0 Å². The Morgan fingerprint density at radius 1 is 1.24 bits per heavy atom. The molecule has 3 nitrogen and oxygen atoms in total. The Balaban J connectivity index is 0.00000312. The third kappa shape index (κ3) is 6.63. The van der Waals surface area contributed by atoms with Crippen molar-refractivity contribution in [2.75, 3.05) is 11.1 Å². The smallest absolute Gasteiger partial charge is 0.224 e. The molecule has 0 heterocycles. The molecule has 0 aliphatic heterocycles. The molecule has 0 bridgehead atoms. The van der Waals surface area contributed by atoms with Crippen LogP contribution in [0.4, 0.5) is 11.4 Å². The van der Waals surface area contributed by atoms with Crippen LogP contribution in [0.1, 0.15) is 37.8 Å². The van der Waals surface area contributed by atoms with Crippen LogP contribution in [0, 0.1) is 6.92 Å². The molecule has 0 fully saturated rings. The average molecular weight is 379 g/mol. The number of nitrogen functional groups attached to an aromatic ring is 1. The van der Waals surface area contributed by atoms with Gasteiger partial charge in [-0.1, -0.05) is 32.0 Å². The highest BCUT2D eigenvalue weighted by molar-refractivity contribution is 7.99. The molecule has 0 saturated heterocycles. The van der Waals surface area contributed by atoms with E-state index < -0.39 is 0 Å². The Labute approximate surface area is 161 Å². The van der Waals surface area contributed by atoms with Gasteiger partial charge in [0.05, 0.1) is 0 Å². The normalized spacial score (nSPS) is 11.5. The Morgan fingerprint density at radius 2 is 1.96 bits per heavy atom. The summed E-state index contributed by atoms with van der Waals surface area (Å²) in [6.07, 6.45) is 2.22. The second-order valence-electron chi connectivity index (χ2n) is 6.06. The summed E-state index contributed by atoms with van der Waals surface area (Å²) < 4.78 is 0. The SMILES string of the molecule is CCC(C)Sc1ccc(NC(=O)CCc2ccccc2N)c(C)c1.Cl. The summed E-state index contributed by atoms with van der Waals surface area (Å²) in [5.74, 6) is 0.0173. The summed E-state index contributed by atoms with van der Waals surface area (Å²) in [4.78, 5) is 13.4. The molecule has 2 aromatic carbocycles. The molecule has 2 rings (SSSR count). The van der Waals surface area contributed by atoms with Gasteiger partial charge in [0.2, 0.25) is 5.91 Å². The first kappa shape index (κ1) is 21.4. The first-order valence-electron chi connectivity index (χ1n) is 8.40. The van der Waals surface area contributed by atoms with E-state index in [2.05, 4.69) is 31.3 Å². The standard InChI is InChI=1S/C20H26N2OS.ClH/c1-4-15(3)24-17-10-11-19(14(2)13-17)22-20(23)12-9-16-7-5-6-8-18(16)21;/h5-8,10-11,13,15H,4,9,12,21H2,1-3H3,(H,22,23);1H. The zero-order chi connectivity index (χ0) is 17.5. The lowest BCUT2D eigenvalue weighted by molar-refractivity contribution is -0.116. The van der Waals surface area contributed by atoms with E-state index in [0.717, 1.165) is 28.9 Å². The number of amides is 1. The van der Waals surface area contributed by atoms with Crippen molar-refractivity contribution in [2.45, 2.75) is 50.2 Å². The Kier molecular flexibility index (Phi) is 8.87. The summed E-state index contributed by atoms with van der Waals surface area (Å²) in [7, 11) is 0. The van der Waals surface area contributed by atoms with Crippen LogP contribution in [0.2, 0.25) is 0 Å². The number of hydrogen-bond donors (Lipinski definition) is 2. The Morgan fingerprint density at radius 3 is 2.60 bits per heavy atom. The minimum Gasteiger partial charge on any atom is -0.399 e. The number of carbonyl (C=O) groups excluding carboxylic acids is 1. The number of benzene rings is 2. The number of para-hydroxylation sites is 1. The van der Waals surface area contributed by atoms with Crippen molar-refractivity contribution in [3.05, 3.63) is 53.6 Å². The van der Waals surface area contributed by atoms with E-state index in [4.69, 9.17) is 5.73 Å². The lowest BCUT2D eigenvalue weighted by atomic mass is 10.1. The maximum Gasteiger partial charge on any atom is 0.224 e. The van der Waals surface area contributed by atoms with Crippen LogP contribution in [0.15, 0.2) is 47.4 Å². The molecule has 0 radical (unpaired) electrons. The topological polar surface area (TPSA) is 55.1 Å². The first-order chi connectivity index (χ1) is 11.5. The molecule has 1 amide bonds. The molecule has 0 saturated carbocycles. The lowest BCUT2D eigenvalue weighted by Crippen LogP contribution is -2.13. The van der Waals surface area contributed by atoms with Crippen LogP contribution >= 0.6 is 24.2 Å². The van der Waals surface area contributed by atoms with Crippen LogP contribution in [-0.2, 0) is 11.2 Å². The van der Waals surface area contributed by atoms with Gasteiger partial charge in [0.15, 0.2) is 0 Å². The number of carbonyl (C=O) groups is 1. The predicted octanol–water partition coefficient (Wildman–Crippen LogP) is 5.46. The van der Waals surface area contributed by atoms with Gasteiger partial charge < -0.3 is 11.1 Å². The molecular formula is C20H27ClN2OS. The van der Waals surface area contributed by atoms with Crippen molar-refractivity contribution < 1.29 is 4.79 Å². The van der Waals surface area contributed by atoms with Crippen LogP contribution in [-0.4, -0.2) is 11.2 Å². The first-order valence-corrected chi connectivity index (χ1v) is 9.28. The Hall–Kier alpha value is -1.65. The highest BCUT2D eigenvalue weighted by Gasteiger charge is 2.08. The fourth-order valence-electron chi connectivity index (χ4n) is 2.39. The van der Waals surface area contributed by atoms with Crippen molar-refractivity contribution in [3.8, 4) is 0 Å². The third-order valence-electron chi connectivity index (χ3n) is 4.06. The van der Waals surface area contributed by atoms with Crippen LogP contribution < -0.4 is 11.1 Å². The Bertz CT molecular complexity index is 706. The van der Waals surface area contributed by atoms with Gasteiger partial charge >= 0.3 is 0 Å². The molecule has 0 aliphatic rings. The second-order valence-corrected chi connectivity index (χ2v) is 7.57. The molecule has 1 unspecified atom stereocenters. The van der Waals surface area contributed by atoms with Gasteiger partial charge in [-0.25, -0.2) is 0 Å². The summed E-state index contributed by atoms with van der Waals surface area (Å²) >= 11 is 1.87. The fourth-order valence-corrected chi connectivity index (χ4v) is 3.41. The maximum absolute atomic E-state index is 12.2. The molecule has 5 heteroatoms. The monoisotopic (exact) mass is 378 g/mol. The third-order valence-corrected chi connectivity index (χ3v) is 5.32. The van der Waals surface area contributed by atoms with Gasteiger partial charge in [-0.3, -0.25) is 4.79 Å². The summed E-state index contributed by atoms with van der Waals surface area (Å²) in [5, 5.41) is 3.60. The van der Waals surface area contributed by atoms with Crippen molar-refractivity contribution in [1.29, 1.82) is 0 Å². The van der Waals surface area contributed by atoms with E-state index in [-0.39, 0.29) is 18.3 Å². The minimum atomic E-state index is 0. The number of anilines is 2. The highest BCUT2D eigenvalue weighted by Crippen LogP contribution is 2.28. The van der Waals surface area contributed by atoms with E-state index in [1.165, 1.54) is 4.90 Å². The lowest BCUT2D eigenvalue weighted by Gasteiger charge is -2.12. The van der Waals surface area contributed by atoms with Gasteiger partial charge in [0, 0.05) is 27.9 Å². The van der Waals surface area contributed by atoms with Crippen LogP contribution in [0.25, 0.3) is 0 Å². The van der Waals surface area contributed by atoms with E-state index in [1.807, 2.05) is 49.0 Å². The molecule has 0 spiro atoms. The van der Waals surface area contributed by atoms with Gasteiger partial charge in [-0.05, 0) is 55.2 Å². The minimum absolute atomic E-state index is 0. The van der Waals surface area contributed by atoms with Gasteiger partial charge in [0.1, 0.15) is 0 Å². The molecule has 2 aromatic rings. The number of aryl methyl sites for hydroxylation is 2. The van der Waals surface area contributed by atoms with Crippen molar-refractivity contribution in [3.63, 3.8) is 0 Å². The molecule has 25 heavy (non-hydrogen) atoms. The summed E-state index contributed by atoms with van der Waals surface area (Å²) in [6.45, 7) is 6.45. The van der Waals surface area contributed by atoms with E-state index in [0.29, 0.717) is 18.1 Å². The van der Waals surface area contributed by atoms with Crippen molar-refractivity contribution >= 4 is 41.5 Å². The van der Waals surface area contributed by atoms with E-state index in [1.54, 1.807) is 0 Å². The van der Waals surface area contributed by atoms with Gasteiger partial charge in [-0.2, -0.15) is 0 Å². The number of hydrogen-bond acceptors (Lipinski definition) is 3. The molecule has 0 aliphatic carbocycles. The molecular weight excluding hydrogens is 352 g/mol. The zero-order valence-electron chi connectivity index (χ0n) is 15.0. The maximum atomic E-state index is 12.2. The summed E-state index contributed by atoms with van der Waals surface area (Å²) in [6, 6.07) is 13.9. The predicted molar refractivity (Wildman–Crippen MR) is 112 cm³/mol. The number of rotatable bonds is 7. The van der Waals surface area contributed by atoms with Crippen LogP contribution in [0.3, 0.4) is 0 Å². The number of thioether (sulfide) groups is 1. The van der Waals surface area contributed by atoms with E-state index in [9.17, 15) is 4.79 Å². The van der Waals surface area contributed by atoms with Crippen molar-refractivity contribution in [2.24, 2.45) is 0 Å². The summed E-state index contributed by atoms with van der Waals surface area (Å²) in [5.41, 5.74) is 9.66. The number of nitrogens with two attached hydrogens (primary N) is 1. The second kappa shape index (κ2) is 10.4.